The van der Waals surface area contributed by atoms with Crippen molar-refractivity contribution in [1.82, 2.24) is 21.3 Å². The molecule has 0 radical (unpaired) electrons. The number of carbonyl (C=O) groups excluding carboxylic acids is 4. The first-order chi connectivity index (χ1) is 23.3. The van der Waals surface area contributed by atoms with Crippen LogP contribution in [0.4, 0.5) is 0 Å². The van der Waals surface area contributed by atoms with E-state index in [-0.39, 0.29) is 62.2 Å². The molecule has 1 aromatic carbocycles. The molecule has 0 fully saturated rings. The van der Waals surface area contributed by atoms with Crippen molar-refractivity contribution in [2.24, 2.45) is 55.3 Å². The second-order valence-electron chi connectivity index (χ2n) is 11.6. The summed E-state index contributed by atoms with van der Waals surface area (Å²) in [6.45, 7) is 4.64. The summed E-state index contributed by atoms with van der Waals surface area (Å²) >= 11 is 0. The number of nitrogens with zero attached hydrogens (tertiary/aromatic N) is 3. The maximum atomic E-state index is 13.6. The quantitative estimate of drug-likeness (QED) is 0.0182. The number of rotatable bonds is 24. The molecule has 0 aromatic heterocycles. The normalized spacial score (nSPS) is 12.5. The third-order valence-electron chi connectivity index (χ3n) is 6.98. The van der Waals surface area contributed by atoms with Gasteiger partial charge in [-0.3, -0.25) is 39.5 Å². The largest absolute Gasteiger partial charge is 0.426 e. The molecule has 3 amide bonds. The smallest absolute Gasteiger partial charge is 0.325 e. The summed E-state index contributed by atoms with van der Waals surface area (Å²) in [4.78, 5) is 64.5. The third-order valence-corrected chi connectivity index (χ3v) is 6.98. The molecule has 0 saturated carbocycles. The Morgan fingerprint density at radius 1 is 0.673 bits per heavy atom. The van der Waals surface area contributed by atoms with E-state index in [1.54, 1.807) is 44.2 Å². The summed E-state index contributed by atoms with van der Waals surface area (Å²) in [5, 5.41) is 11.3. The molecule has 0 unspecified atom stereocenters. The number of unbranched alkanes of at least 4 members (excludes halogenated alkanes) is 2. The molecule has 0 aliphatic carbocycles. The molecule has 49 heavy (non-hydrogen) atoms. The van der Waals surface area contributed by atoms with Gasteiger partial charge in [0.15, 0.2) is 17.9 Å². The van der Waals surface area contributed by atoms with Crippen molar-refractivity contribution in [2.75, 3.05) is 32.7 Å². The zero-order chi connectivity index (χ0) is 36.6. The molecule has 1 aromatic rings. The van der Waals surface area contributed by atoms with Crippen molar-refractivity contribution < 1.29 is 23.9 Å². The van der Waals surface area contributed by atoms with E-state index in [2.05, 4.69) is 36.2 Å². The van der Waals surface area contributed by atoms with E-state index in [9.17, 15) is 19.2 Å². The lowest BCUT2D eigenvalue weighted by atomic mass is 10.0. The fraction of sp³-hybridized carbons (Fsp3) is 0.581. The number of nitrogens with two attached hydrogens (primary N) is 6. The molecule has 3 atom stereocenters. The van der Waals surface area contributed by atoms with Crippen LogP contribution in [0.15, 0.2) is 45.3 Å². The van der Waals surface area contributed by atoms with Gasteiger partial charge in [-0.05, 0) is 63.0 Å². The number of hydrogen-bond acceptors (Lipinski definition) is 9. The fourth-order valence-electron chi connectivity index (χ4n) is 4.47. The number of ether oxygens (including phenoxy) is 1. The SMILES string of the molecule is CC(C)[C@H](NC(=O)[C@H](CCCN=C(N)N)NCC(=O)Oc1ccccc1)C(=O)N[C@@H](CCCN=C(N)N)C(=O)NCCCCCN=C(N)N. The number of hydrogen-bond donors (Lipinski definition) is 10. The maximum Gasteiger partial charge on any atom is 0.325 e. The minimum absolute atomic E-state index is 0.0293. The van der Waals surface area contributed by atoms with Gasteiger partial charge >= 0.3 is 5.97 Å². The van der Waals surface area contributed by atoms with Gasteiger partial charge in [0.2, 0.25) is 17.7 Å². The van der Waals surface area contributed by atoms with Gasteiger partial charge in [-0.1, -0.05) is 32.0 Å². The van der Waals surface area contributed by atoms with E-state index in [0.29, 0.717) is 38.1 Å². The van der Waals surface area contributed by atoms with Crippen molar-refractivity contribution in [3.8, 4) is 5.75 Å². The van der Waals surface area contributed by atoms with Crippen molar-refractivity contribution in [1.29, 1.82) is 0 Å². The molecule has 0 saturated heterocycles. The molecule has 0 bridgehead atoms. The number of guanidine groups is 3. The summed E-state index contributed by atoms with van der Waals surface area (Å²) in [5.41, 5.74) is 32.3. The standard InChI is InChI=1S/C31H55N13O5/c1-20(2)25(28(48)43-23(14-10-18-41-31(36)37)26(46)38-15-7-4-8-16-39-29(32)33)44-27(47)22(13-9-17-40-30(34)35)42-19-24(45)49-21-11-5-3-6-12-21/h3,5-6,11-12,20,22-23,25,42H,4,7-10,13-19H2,1-2H3,(H,38,46)(H,43,48)(H,44,47)(H4,32,33,39)(H4,34,35,40)(H4,36,37,41)/t22-,23-,25-/m0/s1. The lowest BCUT2D eigenvalue weighted by Crippen LogP contribution is -2.58. The zero-order valence-electron chi connectivity index (χ0n) is 28.5. The lowest BCUT2D eigenvalue weighted by molar-refractivity contribution is -0.135. The zero-order valence-corrected chi connectivity index (χ0v) is 28.5. The van der Waals surface area contributed by atoms with Crippen molar-refractivity contribution in [3.05, 3.63) is 30.3 Å². The van der Waals surface area contributed by atoms with Gasteiger partial charge in [-0.2, -0.15) is 0 Å². The van der Waals surface area contributed by atoms with Crippen LogP contribution in [-0.4, -0.2) is 92.4 Å². The Morgan fingerprint density at radius 2 is 1.22 bits per heavy atom. The van der Waals surface area contributed by atoms with Gasteiger partial charge in [-0.25, -0.2) is 0 Å². The van der Waals surface area contributed by atoms with Gasteiger partial charge in [-0.15, -0.1) is 0 Å². The number of nitrogens with one attached hydrogen (secondary N) is 4. The highest BCUT2D eigenvalue weighted by Crippen LogP contribution is 2.10. The molecule has 0 aliphatic heterocycles. The number of benzene rings is 1. The highest BCUT2D eigenvalue weighted by molar-refractivity contribution is 5.93. The average Bonchev–Trinajstić information content (AvgIpc) is 3.03. The molecule has 18 nitrogen and oxygen atoms in total. The number of para-hydroxylation sites is 1. The summed E-state index contributed by atoms with van der Waals surface area (Å²) in [5.74, 6) is -2.20. The first-order valence-electron chi connectivity index (χ1n) is 16.3. The molecule has 0 spiro atoms. The van der Waals surface area contributed by atoms with Crippen LogP contribution in [0.2, 0.25) is 0 Å². The van der Waals surface area contributed by atoms with Crippen LogP contribution in [-0.2, 0) is 19.2 Å². The predicted octanol–water partition coefficient (Wildman–Crippen LogP) is -2.16. The monoisotopic (exact) mass is 689 g/mol. The molecule has 0 aliphatic rings. The number of esters is 1. The Labute approximate surface area is 287 Å². The van der Waals surface area contributed by atoms with E-state index in [1.165, 1.54) is 0 Å². The molecular weight excluding hydrogens is 634 g/mol. The fourth-order valence-corrected chi connectivity index (χ4v) is 4.47. The van der Waals surface area contributed by atoms with E-state index >= 15 is 0 Å². The predicted molar refractivity (Wildman–Crippen MR) is 190 cm³/mol. The Balaban J connectivity index is 2.95. The van der Waals surface area contributed by atoms with Crippen molar-refractivity contribution in [3.63, 3.8) is 0 Å². The molecule has 16 N–H and O–H groups in total. The van der Waals surface area contributed by atoms with Gasteiger partial charge in [0.25, 0.3) is 0 Å². The van der Waals surface area contributed by atoms with Gasteiger partial charge in [0.1, 0.15) is 17.8 Å². The Kier molecular flexibility index (Phi) is 20.6. The van der Waals surface area contributed by atoms with E-state index in [1.807, 2.05) is 0 Å². The van der Waals surface area contributed by atoms with E-state index < -0.39 is 35.9 Å². The highest BCUT2D eigenvalue weighted by Gasteiger charge is 2.31. The Hall–Kier alpha value is -5.13. The van der Waals surface area contributed by atoms with E-state index in [4.69, 9.17) is 39.1 Å². The second-order valence-corrected chi connectivity index (χ2v) is 11.6. The molecule has 1 rings (SSSR count). The topological polar surface area (TPSA) is 319 Å². The number of carbonyl (C=O) groups is 4. The minimum Gasteiger partial charge on any atom is -0.426 e. The van der Waals surface area contributed by atoms with Gasteiger partial charge < -0.3 is 55.1 Å². The number of aliphatic imine (C=N–C) groups is 3. The van der Waals surface area contributed by atoms with Gasteiger partial charge in [0, 0.05) is 26.2 Å². The molecule has 274 valence electrons. The van der Waals surface area contributed by atoms with E-state index in [0.717, 1.165) is 12.8 Å². The maximum absolute atomic E-state index is 13.6. The Bertz CT molecular complexity index is 1250. The summed E-state index contributed by atoms with van der Waals surface area (Å²) < 4.78 is 5.31. The van der Waals surface area contributed by atoms with Gasteiger partial charge in [0.05, 0.1) is 12.6 Å². The van der Waals surface area contributed by atoms with Crippen LogP contribution in [0.25, 0.3) is 0 Å². The summed E-state index contributed by atoms with van der Waals surface area (Å²) in [7, 11) is 0. The van der Waals surface area contributed by atoms with Crippen molar-refractivity contribution >= 4 is 41.6 Å². The average molecular weight is 690 g/mol. The van der Waals surface area contributed by atoms with Crippen LogP contribution >= 0.6 is 0 Å². The van der Waals surface area contributed by atoms with Crippen LogP contribution < -0.4 is 60.4 Å². The van der Waals surface area contributed by atoms with Crippen LogP contribution in [0.1, 0.15) is 58.8 Å². The molecule has 18 heteroatoms. The summed E-state index contributed by atoms with van der Waals surface area (Å²) in [6.07, 6.45) is 3.52. The Morgan fingerprint density at radius 3 is 1.78 bits per heavy atom. The van der Waals surface area contributed by atoms with Crippen LogP contribution in [0.3, 0.4) is 0 Å². The van der Waals surface area contributed by atoms with Crippen LogP contribution in [0, 0.1) is 5.92 Å². The second kappa shape index (κ2) is 24.1. The first kappa shape index (κ1) is 41.9. The molecular formula is C31H55N13O5. The lowest BCUT2D eigenvalue weighted by Gasteiger charge is -2.27. The van der Waals surface area contributed by atoms with Crippen molar-refractivity contribution in [2.45, 2.75) is 76.9 Å². The minimum atomic E-state index is -1.01. The summed E-state index contributed by atoms with van der Waals surface area (Å²) in [6, 6.07) is 5.70. The molecule has 0 heterocycles. The van der Waals surface area contributed by atoms with Crippen LogP contribution in [0.5, 0.6) is 5.75 Å². The number of amides is 3. The first-order valence-corrected chi connectivity index (χ1v) is 16.3. The highest BCUT2D eigenvalue weighted by atomic mass is 16.5. The third kappa shape index (κ3) is 20.0.